The van der Waals surface area contributed by atoms with E-state index in [4.69, 9.17) is 0 Å². The maximum atomic E-state index is 4.26. The first-order valence-electron chi connectivity index (χ1n) is 7.13. The van der Waals surface area contributed by atoms with Gasteiger partial charge >= 0.3 is 0 Å². The van der Waals surface area contributed by atoms with E-state index in [0.29, 0.717) is 6.04 Å². The number of pyridine rings is 1. The van der Waals surface area contributed by atoms with Crippen LogP contribution in [0.25, 0.3) is 0 Å². The normalized spacial score (nSPS) is 12.5. The molecule has 0 radical (unpaired) electrons. The fraction of sp³-hybridized carbons (Fsp3) is 0.571. The summed E-state index contributed by atoms with van der Waals surface area (Å²) in [6.45, 7) is 3.18. The van der Waals surface area contributed by atoms with Crippen molar-refractivity contribution in [3.63, 3.8) is 0 Å². The number of aromatic nitrogens is 5. The first-order valence-corrected chi connectivity index (χ1v) is 7.13. The van der Waals surface area contributed by atoms with Crippen LogP contribution >= 0.6 is 0 Å². The summed E-state index contributed by atoms with van der Waals surface area (Å²) in [5.74, 6) is 0.798. The number of rotatable bonds is 8. The Kier molecular flexibility index (Phi) is 5.61. The van der Waals surface area contributed by atoms with Gasteiger partial charge in [0.15, 0.2) is 5.82 Å². The largest absolute Gasteiger partial charge is 0.314 e. The molecule has 0 saturated carbocycles. The molecule has 108 valence electrons. The van der Waals surface area contributed by atoms with Crippen molar-refractivity contribution in [1.82, 2.24) is 30.5 Å². The molecular weight excluding hydrogens is 252 g/mol. The predicted octanol–water partition coefficient (Wildman–Crippen LogP) is 1.15. The monoisotopic (exact) mass is 274 g/mol. The fourth-order valence-electron chi connectivity index (χ4n) is 2.14. The van der Waals surface area contributed by atoms with E-state index in [2.05, 4.69) is 38.7 Å². The predicted molar refractivity (Wildman–Crippen MR) is 77.1 cm³/mol. The lowest BCUT2D eigenvalue weighted by Gasteiger charge is -2.16. The van der Waals surface area contributed by atoms with Crippen LogP contribution in [-0.4, -0.2) is 37.8 Å². The van der Waals surface area contributed by atoms with Crippen molar-refractivity contribution in [2.24, 2.45) is 7.05 Å². The quantitative estimate of drug-likeness (QED) is 0.782. The number of nitrogens with zero attached hydrogens (tertiary/aromatic N) is 5. The third-order valence-corrected chi connectivity index (χ3v) is 3.17. The Hall–Kier alpha value is -1.82. The highest BCUT2D eigenvalue weighted by Crippen LogP contribution is 2.07. The van der Waals surface area contributed by atoms with Crippen molar-refractivity contribution in [3.8, 4) is 0 Å². The van der Waals surface area contributed by atoms with Crippen molar-refractivity contribution in [3.05, 3.63) is 35.9 Å². The second-order valence-corrected chi connectivity index (χ2v) is 4.95. The first-order chi connectivity index (χ1) is 9.78. The lowest BCUT2D eigenvalue weighted by Crippen LogP contribution is -2.32. The molecule has 2 rings (SSSR count). The maximum absolute atomic E-state index is 4.26. The maximum Gasteiger partial charge on any atom is 0.176 e. The van der Waals surface area contributed by atoms with Gasteiger partial charge in [-0.15, -0.1) is 10.2 Å². The molecule has 0 aliphatic heterocycles. The molecule has 0 aliphatic rings. The molecule has 1 unspecified atom stereocenters. The molecule has 0 spiro atoms. The van der Waals surface area contributed by atoms with Gasteiger partial charge in [-0.2, -0.15) is 4.80 Å². The zero-order valence-electron chi connectivity index (χ0n) is 12.2. The molecule has 0 aliphatic carbocycles. The van der Waals surface area contributed by atoms with Gasteiger partial charge in [-0.25, -0.2) is 0 Å². The number of nitrogens with one attached hydrogen (secondary N) is 1. The summed E-state index contributed by atoms with van der Waals surface area (Å²) < 4.78 is 0. The number of tetrazole rings is 1. The van der Waals surface area contributed by atoms with Crippen LogP contribution in [0.2, 0.25) is 0 Å². The highest BCUT2D eigenvalue weighted by molar-refractivity contribution is 5.08. The lowest BCUT2D eigenvalue weighted by molar-refractivity contribution is 0.468. The Balaban J connectivity index is 1.89. The molecule has 0 aromatic carbocycles. The number of hydrogen-bond acceptors (Lipinski definition) is 5. The van der Waals surface area contributed by atoms with E-state index < -0.39 is 0 Å². The highest BCUT2D eigenvalue weighted by atomic mass is 15.6. The van der Waals surface area contributed by atoms with Gasteiger partial charge in [0.25, 0.3) is 0 Å². The Morgan fingerprint density at radius 1 is 1.40 bits per heavy atom. The molecule has 1 atom stereocenters. The van der Waals surface area contributed by atoms with E-state index in [-0.39, 0.29) is 0 Å². The fourth-order valence-corrected chi connectivity index (χ4v) is 2.14. The van der Waals surface area contributed by atoms with Crippen LogP contribution in [0.5, 0.6) is 0 Å². The average Bonchev–Trinajstić information content (AvgIpc) is 2.88. The van der Waals surface area contributed by atoms with Gasteiger partial charge in [0.2, 0.25) is 0 Å². The van der Waals surface area contributed by atoms with E-state index >= 15 is 0 Å². The van der Waals surface area contributed by atoms with Crippen LogP contribution in [0, 0.1) is 0 Å². The van der Waals surface area contributed by atoms with Gasteiger partial charge in [0.1, 0.15) is 0 Å². The van der Waals surface area contributed by atoms with Crippen LogP contribution in [0.4, 0.5) is 0 Å². The van der Waals surface area contributed by atoms with Gasteiger partial charge < -0.3 is 5.32 Å². The van der Waals surface area contributed by atoms with Crippen LogP contribution in [0.3, 0.4) is 0 Å². The molecule has 6 nitrogen and oxygen atoms in total. The molecule has 0 fully saturated rings. The Morgan fingerprint density at radius 2 is 2.30 bits per heavy atom. The molecule has 2 aromatic rings. The first kappa shape index (κ1) is 14.6. The molecule has 2 aromatic heterocycles. The number of hydrogen-bond donors (Lipinski definition) is 1. The van der Waals surface area contributed by atoms with Gasteiger partial charge in [-0.1, -0.05) is 13.0 Å². The molecule has 0 amide bonds. The molecule has 6 heteroatoms. The second-order valence-electron chi connectivity index (χ2n) is 4.95. The van der Waals surface area contributed by atoms with E-state index in [9.17, 15) is 0 Å². The van der Waals surface area contributed by atoms with E-state index in [1.165, 1.54) is 10.4 Å². The molecule has 0 saturated heterocycles. The zero-order chi connectivity index (χ0) is 14.2. The zero-order valence-corrected chi connectivity index (χ0v) is 12.2. The average molecular weight is 274 g/mol. The van der Waals surface area contributed by atoms with Gasteiger partial charge in [0, 0.05) is 24.9 Å². The van der Waals surface area contributed by atoms with Crippen molar-refractivity contribution in [2.45, 2.75) is 38.6 Å². The van der Waals surface area contributed by atoms with Crippen molar-refractivity contribution < 1.29 is 0 Å². The van der Waals surface area contributed by atoms with Gasteiger partial charge in [-0.3, -0.25) is 4.98 Å². The van der Waals surface area contributed by atoms with Crippen molar-refractivity contribution in [2.75, 3.05) is 6.54 Å². The van der Waals surface area contributed by atoms with Crippen molar-refractivity contribution >= 4 is 0 Å². The summed E-state index contributed by atoms with van der Waals surface area (Å²) >= 11 is 0. The van der Waals surface area contributed by atoms with E-state index in [0.717, 1.165) is 38.1 Å². The topological polar surface area (TPSA) is 68.5 Å². The molecule has 0 bridgehead atoms. The van der Waals surface area contributed by atoms with Crippen molar-refractivity contribution in [1.29, 1.82) is 0 Å². The summed E-state index contributed by atoms with van der Waals surface area (Å²) in [5, 5.41) is 15.8. The Labute approximate surface area is 119 Å². The van der Waals surface area contributed by atoms with E-state index in [1.54, 1.807) is 13.2 Å². The molecular formula is C14H22N6. The highest BCUT2D eigenvalue weighted by Gasteiger charge is 2.12. The molecule has 2 heterocycles. The minimum Gasteiger partial charge on any atom is -0.314 e. The van der Waals surface area contributed by atoms with Crippen LogP contribution in [-0.2, 0) is 19.9 Å². The van der Waals surface area contributed by atoms with Gasteiger partial charge in [0.05, 0.1) is 7.05 Å². The van der Waals surface area contributed by atoms with Crippen LogP contribution < -0.4 is 5.32 Å². The third-order valence-electron chi connectivity index (χ3n) is 3.17. The molecule has 20 heavy (non-hydrogen) atoms. The summed E-state index contributed by atoms with van der Waals surface area (Å²) in [7, 11) is 1.79. The van der Waals surface area contributed by atoms with Gasteiger partial charge in [-0.05, 0) is 42.7 Å². The standard InChI is InChI=1S/C14H22N6/c1-3-8-16-13(10-14-17-19-20(2)18-14)7-6-12-5-4-9-15-11-12/h4-5,9,11,13,16H,3,6-8,10H2,1-2H3. The van der Waals surface area contributed by atoms with Crippen LogP contribution in [0.1, 0.15) is 31.2 Å². The summed E-state index contributed by atoms with van der Waals surface area (Å²) in [4.78, 5) is 5.66. The smallest absolute Gasteiger partial charge is 0.176 e. The second kappa shape index (κ2) is 7.69. The summed E-state index contributed by atoms with van der Waals surface area (Å²) in [6.07, 6.45) is 7.72. The van der Waals surface area contributed by atoms with Crippen LogP contribution in [0.15, 0.2) is 24.5 Å². The Bertz CT molecular complexity index is 495. The van der Waals surface area contributed by atoms with E-state index in [1.807, 2.05) is 12.3 Å². The Morgan fingerprint density at radius 3 is 2.95 bits per heavy atom. The lowest BCUT2D eigenvalue weighted by atomic mass is 10.0. The third kappa shape index (κ3) is 4.70. The molecule has 1 N–H and O–H groups in total. The minimum atomic E-state index is 0.374. The minimum absolute atomic E-state index is 0.374. The summed E-state index contributed by atoms with van der Waals surface area (Å²) in [5.41, 5.74) is 1.27. The SMILES string of the molecule is CCCNC(CCc1cccnc1)Cc1nnn(C)n1. The number of aryl methyl sites for hydroxylation is 2. The summed E-state index contributed by atoms with van der Waals surface area (Å²) in [6, 6.07) is 4.47.